The molecule has 0 radical (unpaired) electrons. The van der Waals surface area contributed by atoms with Crippen LogP contribution in [0.5, 0.6) is 0 Å². The molecule has 2 atom stereocenters. The number of hydrogen-bond acceptors (Lipinski definition) is 8. The summed E-state index contributed by atoms with van der Waals surface area (Å²) in [5.41, 5.74) is 1.57. The Kier molecular flexibility index (Phi) is 16.7. The van der Waals surface area contributed by atoms with Crippen LogP contribution in [0.4, 0.5) is 49.1 Å². The molecular weight excluding hydrogens is 1110 g/mol. The van der Waals surface area contributed by atoms with Crippen molar-refractivity contribution in [3.8, 4) is 0 Å². The molecule has 1 aliphatic rings. The van der Waals surface area contributed by atoms with Crippen molar-refractivity contribution in [1.29, 1.82) is 0 Å². The number of halogens is 10. The van der Waals surface area contributed by atoms with Crippen molar-refractivity contribution in [2.75, 3.05) is 30.5 Å². The molecule has 56 heavy (non-hydrogen) atoms. The summed E-state index contributed by atoms with van der Waals surface area (Å²) in [5.74, 6) is -7.92. The third kappa shape index (κ3) is 12.1. The van der Waals surface area contributed by atoms with E-state index in [2.05, 4.69) is 53.5 Å². The Labute approximate surface area is 360 Å². The molecule has 1 fully saturated rings. The minimum absolute atomic E-state index is 0.0493. The number of hydrogen-bond donors (Lipinski definition) is 6. The fourth-order valence-electron chi connectivity index (χ4n) is 4.81. The maximum absolute atomic E-state index is 14.5. The van der Waals surface area contributed by atoms with E-state index in [0.717, 1.165) is 18.6 Å². The van der Waals surface area contributed by atoms with Gasteiger partial charge in [-0.2, -0.15) is 0 Å². The maximum Gasteiger partial charge on any atom is 0.277 e. The summed E-state index contributed by atoms with van der Waals surface area (Å²) in [4.78, 5) is 35.3. The highest BCUT2D eigenvalue weighted by Gasteiger charge is 2.37. The van der Waals surface area contributed by atoms with Gasteiger partial charge in [-0.3, -0.25) is 19.3 Å². The van der Waals surface area contributed by atoms with Crippen LogP contribution in [0.1, 0.15) is 47.4 Å². The Hall–Kier alpha value is -2.74. The quantitative estimate of drug-likeness (QED) is 0.0318. The number of anilines is 4. The van der Waals surface area contributed by atoms with Crippen molar-refractivity contribution in [3.05, 3.63) is 111 Å². The highest BCUT2D eigenvalue weighted by molar-refractivity contribution is 14.1. The number of amides is 2. The van der Waals surface area contributed by atoms with E-state index in [0.29, 0.717) is 7.14 Å². The summed E-state index contributed by atoms with van der Waals surface area (Å²) in [6.45, 7) is 3.33. The number of hydroxylamine groups is 2. The lowest BCUT2D eigenvalue weighted by molar-refractivity contribution is -0.0805. The second kappa shape index (κ2) is 20.3. The van der Waals surface area contributed by atoms with Crippen LogP contribution in [-0.2, 0) is 9.68 Å². The molecule has 20 heteroatoms. The molecule has 5 rings (SSSR count). The predicted octanol–water partition coefficient (Wildman–Crippen LogP) is 9.54. The normalized spacial score (nSPS) is 14.8. The summed E-state index contributed by atoms with van der Waals surface area (Å²) in [6, 6.07) is 10.4. The van der Waals surface area contributed by atoms with Crippen molar-refractivity contribution >= 4 is 112 Å². The SMILES string of the molecule is CC(C)(CCO)ONC(=O)c1cc(Br)c(F)c(F)c1Nc1ccc(I)cc1F.O=C(NOCC1CC1CO)c1cc(Br)c(F)c(F)c1Nc1ccc(I)cc1F. The second-order valence-electron chi connectivity index (χ2n) is 12.8. The van der Waals surface area contributed by atoms with Gasteiger partial charge >= 0.3 is 0 Å². The zero-order chi connectivity index (χ0) is 41.5. The van der Waals surface area contributed by atoms with Crippen molar-refractivity contribution < 1.29 is 55.8 Å². The zero-order valence-corrected chi connectivity index (χ0v) is 36.6. The standard InChI is InChI=1S/C18H15BrF3IN2O3.C18H17BrF3IN2O3/c19-12-5-11(18(27)25-28-7-9-3-8(9)6-26)17(16(22)15(12)21)24-14-2-1-10(23)4-13(14)20;1-18(2,5-6-26)28-25-17(27)10-8-11(19)14(21)15(22)16(10)24-13-4-3-9(23)7-12(13)20/h1-2,4-5,8-9,24,26H,3,6-7H2,(H,25,27);3-4,7-8,24,26H,5-6H2,1-2H3,(H,25,27). The highest BCUT2D eigenvalue weighted by Crippen LogP contribution is 2.38. The lowest BCUT2D eigenvalue weighted by Gasteiger charge is -2.24. The van der Waals surface area contributed by atoms with Crippen LogP contribution in [0, 0.1) is 53.9 Å². The van der Waals surface area contributed by atoms with Crippen LogP contribution in [0.3, 0.4) is 0 Å². The average molecular weight is 1140 g/mol. The topological polar surface area (TPSA) is 141 Å². The summed E-state index contributed by atoms with van der Waals surface area (Å²) in [5, 5.41) is 22.9. The molecule has 0 heterocycles. The van der Waals surface area contributed by atoms with Crippen LogP contribution in [-0.4, -0.2) is 47.4 Å². The summed E-state index contributed by atoms with van der Waals surface area (Å²) in [6.07, 6.45) is 1.02. The lowest BCUT2D eigenvalue weighted by atomic mass is 10.1. The van der Waals surface area contributed by atoms with E-state index in [1.807, 2.05) is 45.2 Å². The predicted molar refractivity (Wildman–Crippen MR) is 219 cm³/mol. The number of carbonyl (C=O) groups is 2. The number of aliphatic hydroxyl groups excluding tert-OH is 2. The number of nitrogens with one attached hydrogen (secondary N) is 4. The molecule has 4 aromatic rings. The van der Waals surface area contributed by atoms with Crippen molar-refractivity contribution in [2.45, 2.75) is 32.3 Å². The Bertz CT molecular complexity index is 2100. The highest BCUT2D eigenvalue weighted by atomic mass is 127. The molecule has 2 amide bonds. The number of rotatable bonds is 14. The fourth-order valence-corrected chi connectivity index (χ4v) is 6.52. The van der Waals surface area contributed by atoms with E-state index in [1.54, 1.807) is 26.0 Å². The van der Waals surface area contributed by atoms with Gasteiger partial charge in [0.05, 0.1) is 55.0 Å². The zero-order valence-electron chi connectivity index (χ0n) is 29.1. The van der Waals surface area contributed by atoms with E-state index < -0.39 is 63.7 Å². The summed E-state index contributed by atoms with van der Waals surface area (Å²) < 4.78 is 86.0. The van der Waals surface area contributed by atoms with Gasteiger partial charge in [-0.1, -0.05) is 0 Å². The third-order valence-electron chi connectivity index (χ3n) is 8.10. The van der Waals surface area contributed by atoms with Gasteiger partial charge in [0.1, 0.15) is 11.6 Å². The van der Waals surface area contributed by atoms with Gasteiger partial charge in [0, 0.05) is 26.8 Å². The minimum Gasteiger partial charge on any atom is -0.396 e. The largest absolute Gasteiger partial charge is 0.396 e. The maximum atomic E-state index is 14.5. The first-order valence-corrected chi connectivity index (χ1v) is 20.0. The van der Waals surface area contributed by atoms with Gasteiger partial charge in [-0.25, -0.2) is 37.3 Å². The van der Waals surface area contributed by atoms with Gasteiger partial charge < -0.3 is 20.8 Å². The first-order chi connectivity index (χ1) is 26.4. The Morgan fingerprint density at radius 2 is 1.21 bits per heavy atom. The molecule has 0 spiro atoms. The average Bonchev–Trinajstić information content (AvgIpc) is 3.91. The smallest absolute Gasteiger partial charge is 0.277 e. The third-order valence-corrected chi connectivity index (χ3v) is 10.6. The Morgan fingerprint density at radius 1 is 0.750 bits per heavy atom. The van der Waals surface area contributed by atoms with Crippen LogP contribution < -0.4 is 21.6 Å². The van der Waals surface area contributed by atoms with Crippen molar-refractivity contribution in [3.63, 3.8) is 0 Å². The molecule has 1 saturated carbocycles. The van der Waals surface area contributed by atoms with E-state index in [9.17, 15) is 35.9 Å². The van der Waals surface area contributed by atoms with Crippen LogP contribution in [0.15, 0.2) is 57.5 Å². The van der Waals surface area contributed by atoms with E-state index >= 15 is 0 Å². The lowest BCUT2D eigenvalue weighted by Crippen LogP contribution is -2.37. The minimum atomic E-state index is -1.35. The van der Waals surface area contributed by atoms with Gasteiger partial charge in [0.15, 0.2) is 23.3 Å². The van der Waals surface area contributed by atoms with Crippen molar-refractivity contribution in [1.82, 2.24) is 11.0 Å². The summed E-state index contributed by atoms with van der Waals surface area (Å²) in [7, 11) is 0. The number of carbonyl (C=O) groups excluding carboxylic acids is 2. The molecule has 302 valence electrons. The van der Waals surface area contributed by atoms with Crippen LogP contribution in [0.25, 0.3) is 0 Å². The molecule has 0 saturated heterocycles. The van der Waals surface area contributed by atoms with Crippen LogP contribution in [0.2, 0.25) is 0 Å². The molecule has 0 aliphatic heterocycles. The van der Waals surface area contributed by atoms with E-state index in [-0.39, 0.29) is 69.5 Å². The van der Waals surface area contributed by atoms with Gasteiger partial charge in [-0.15, -0.1) is 0 Å². The van der Waals surface area contributed by atoms with Gasteiger partial charge in [0.25, 0.3) is 11.8 Å². The second-order valence-corrected chi connectivity index (χ2v) is 17.0. The molecule has 4 aromatic carbocycles. The fraction of sp³-hybridized carbons (Fsp3) is 0.278. The van der Waals surface area contributed by atoms with Crippen LogP contribution >= 0.6 is 77.0 Å². The Morgan fingerprint density at radius 3 is 1.62 bits per heavy atom. The first kappa shape index (κ1) is 46.0. The number of aliphatic hydroxyl groups is 2. The molecule has 2 unspecified atom stereocenters. The monoisotopic (exact) mass is 1140 g/mol. The van der Waals surface area contributed by atoms with Gasteiger partial charge in [0.2, 0.25) is 0 Å². The van der Waals surface area contributed by atoms with E-state index in [4.69, 9.17) is 19.9 Å². The number of benzene rings is 4. The Balaban J connectivity index is 0.000000249. The molecule has 0 aromatic heterocycles. The molecule has 10 nitrogen and oxygen atoms in total. The molecule has 1 aliphatic carbocycles. The van der Waals surface area contributed by atoms with Gasteiger partial charge in [-0.05, 0) is 158 Å². The summed E-state index contributed by atoms with van der Waals surface area (Å²) >= 11 is 9.53. The van der Waals surface area contributed by atoms with E-state index in [1.165, 1.54) is 24.3 Å². The van der Waals surface area contributed by atoms with Crippen molar-refractivity contribution in [2.24, 2.45) is 11.8 Å². The first-order valence-electron chi connectivity index (χ1n) is 16.3. The molecule has 6 N–H and O–H groups in total. The molecular formula is C36H32Br2F6I2N4O6. The molecule has 0 bridgehead atoms.